The minimum atomic E-state index is -1.51. The number of esters is 1. The molecular formula is C26H40N4O6S2. The van der Waals surface area contributed by atoms with Crippen LogP contribution >= 0.6 is 11.3 Å². The first kappa shape index (κ1) is 31.4. The topological polar surface area (TPSA) is 140 Å². The molecule has 0 aliphatic heterocycles. The maximum Gasteiger partial charge on any atom is 0.375 e. The molecule has 4 N–H and O–H groups in total. The van der Waals surface area contributed by atoms with Crippen molar-refractivity contribution in [2.75, 3.05) is 25.6 Å². The average Bonchev–Trinajstić information content (AvgIpc) is 3.57. The summed E-state index contributed by atoms with van der Waals surface area (Å²) < 4.78 is 31.3. The number of nitrogens with two attached hydrogens (primary N) is 1. The van der Waals surface area contributed by atoms with Gasteiger partial charge in [0.05, 0.1) is 25.9 Å². The van der Waals surface area contributed by atoms with Crippen molar-refractivity contribution in [3.63, 3.8) is 0 Å². The molecule has 10 nitrogen and oxygen atoms in total. The summed E-state index contributed by atoms with van der Waals surface area (Å²) >= 11 is 1.15. The summed E-state index contributed by atoms with van der Waals surface area (Å²) in [5.41, 5.74) is 7.49. The molecule has 1 aliphatic rings. The Kier molecular flexibility index (Phi) is 12.3. The molecule has 38 heavy (non-hydrogen) atoms. The van der Waals surface area contributed by atoms with E-state index in [9.17, 15) is 14.1 Å². The molecule has 0 radical (unpaired) electrons. The fourth-order valence-corrected chi connectivity index (χ4v) is 5.93. The Bertz CT molecular complexity index is 1150. The monoisotopic (exact) mass is 568 g/mol. The lowest BCUT2D eigenvalue weighted by molar-refractivity contribution is -0.142. The van der Waals surface area contributed by atoms with Crippen LogP contribution in [0.15, 0.2) is 36.5 Å². The van der Waals surface area contributed by atoms with Crippen LogP contribution in [0.1, 0.15) is 64.0 Å². The van der Waals surface area contributed by atoms with E-state index in [1.165, 1.54) is 13.5 Å². The zero-order valence-electron chi connectivity index (χ0n) is 23.3. The Morgan fingerprint density at radius 3 is 2.47 bits per heavy atom. The Morgan fingerprint density at radius 1 is 1.32 bits per heavy atom. The number of rotatable bonds is 12. The molecule has 1 atom stereocenters. The molecule has 0 spiro atoms. The second kappa shape index (κ2) is 14.9. The van der Waals surface area contributed by atoms with E-state index in [1.807, 2.05) is 31.1 Å². The van der Waals surface area contributed by atoms with E-state index in [2.05, 4.69) is 24.2 Å². The van der Waals surface area contributed by atoms with E-state index in [0.717, 1.165) is 35.5 Å². The molecule has 12 heteroatoms. The number of hydrogen-bond donors (Lipinski definition) is 3. The number of furan rings is 1. The highest BCUT2D eigenvalue weighted by Crippen LogP contribution is 2.40. The number of hydrogen-bond acceptors (Lipinski definition) is 9. The normalized spacial score (nSPS) is 14.9. The van der Waals surface area contributed by atoms with Crippen LogP contribution in [-0.4, -0.2) is 51.7 Å². The molecular weight excluding hydrogens is 528 g/mol. The van der Waals surface area contributed by atoms with Crippen LogP contribution in [0, 0.1) is 13.8 Å². The van der Waals surface area contributed by atoms with Gasteiger partial charge in [-0.15, -0.1) is 11.3 Å². The third-order valence-corrected chi connectivity index (χ3v) is 8.37. The van der Waals surface area contributed by atoms with Crippen molar-refractivity contribution in [2.24, 2.45) is 10.7 Å². The first-order chi connectivity index (χ1) is 18.1. The minimum absolute atomic E-state index is 0.0194. The number of aryl methyl sites for hydroxylation is 2. The van der Waals surface area contributed by atoms with Gasteiger partial charge < -0.3 is 30.0 Å². The number of thiophene rings is 1. The first-order valence-corrected chi connectivity index (χ1v) is 14.7. The van der Waals surface area contributed by atoms with E-state index < -0.39 is 17.0 Å². The van der Waals surface area contributed by atoms with Crippen molar-refractivity contribution in [3.8, 4) is 5.75 Å². The number of nitrogens with one attached hydrogen (secondary N) is 1. The van der Waals surface area contributed by atoms with Gasteiger partial charge in [0.1, 0.15) is 34.0 Å². The van der Waals surface area contributed by atoms with Crippen LogP contribution < -0.4 is 11.1 Å². The van der Waals surface area contributed by atoms with Gasteiger partial charge in [-0.25, -0.2) is 13.3 Å². The summed E-state index contributed by atoms with van der Waals surface area (Å²) in [6, 6.07) is 2.12. The van der Waals surface area contributed by atoms with Crippen LogP contribution in [0.5, 0.6) is 5.75 Å². The first-order valence-electron chi connectivity index (χ1n) is 12.7. The van der Waals surface area contributed by atoms with Crippen molar-refractivity contribution >= 4 is 39.8 Å². The van der Waals surface area contributed by atoms with E-state index in [1.54, 1.807) is 12.3 Å². The molecule has 1 unspecified atom stereocenters. The summed E-state index contributed by atoms with van der Waals surface area (Å²) in [7, 11) is -0.200. The Morgan fingerprint density at radius 2 is 1.97 bits per heavy atom. The summed E-state index contributed by atoms with van der Waals surface area (Å²) in [6.45, 7) is 12.5. The Hall–Kier alpha value is -2.83. The van der Waals surface area contributed by atoms with Crippen molar-refractivity contribution in [2.45, 2.75) is 77.6 Å². The largest absolute Gasteiger partial charge is 0.504 e. The van der Waals surface area contributed by atoms with Crippen LogP contribution in [0.25, 0.3) is 0 Å². The van der Waals surface area contributed by atoms with Crippen LogP contribution in [-0.2, 0) is 31.8 Å². The van der Waals surface area contributed by atoms with Crippen molar-refractivity contribution in [3.05, 3.63) is 40.0 Å². The molecule has 212 valence electrons. The number of methoxy groups -OCH3 is 1. The van der Waals surface area contributed by atoms with Gasteiger partial charge in [-0.2, -0.15) is 0 Å². The summed E-state index contributed by atoms with van der Waals surface area (Å²) in [5.74, 6) is 0.194. The van der Waals surface area contributed by atoms with E-state index >= 15 is 0 Å². The highest BCUT2D eigenvalue weighted by atomic mass is 32.2. The number of anilines is 1. The maximum absolute atomic E-state index is 13.1. The smallest absolute Gasteiger partial charge is 0.375 e. The van der Waals surface area contributed by atoms with Gasteiger partial charge in [0, 0.05) is 18.0 Å². The number of aliphatic imine (C=N–C) groups is 1. The predicted octanol–water partition coefficient (Wildman–Crippen LogP) is 4.98. The summed E-state index contributed by atoms with van der Waals surface area (Å²) in [6.07, 6.45) is 3.23. The molecule has 1 aliphatic carbocycles. The molecule has 2 aromatic heterocycles. The van der Waals surface area contributed by atoms with E-state index in [4.69, 9.17) is 19.6 Å². The van der Waals surface area contributed by atoms with Gasteiger partial charge in [0.2, 0.25) is 5.76 Å². The van der Waals surface area contributed by atoms with Gasteiger partial charge in [-0.1, -0.05) is 27.2 Å². The SMILES string of the molecule is CCC.CCOC(=O)/C(OC)=C(\Nc1csc(S(=O)N(CC)C2CC2)c1O)C(N)=NCc1cc(C)c(C)o1. The maximum atomic E-state index is 13.1. The molecule has 2 aromatic rings. The number of ether oxygens (including phenoxy) is 2. The van der Waals surface area contributed by atoms with E-state index in [-0.39, 0.29) is 47.9 Å². The van der Waals surface area contributed by atoms with Gasteiger partial charge in [0.15, 0.2) is 9.96 Å². The second-order valence-corrected chi connectivity index (χ2v) is 11.1. The Balaban J connectivity index is 0.00000161. The molecule has 0 saturated heterocycles. The number of aromatic hydroxyl groups is 1. The van der Waals surface area contributed by atoms with Crippen molar-refractivity contribution in [1.82, 2.24) is 4.31 Å². The molecule has 1 saturated carbocycles. The lowest BCUT2D eigenvalue weighted by Crippen LogP contribution is -2.27. The highest BCUT2D eigenvalue weighted by molar-refractivity contribution is 7.85. The fourth-order valence-electron chi connectivity index (χ4n) is 3.35. The predicted molar refractivity (Wildman–Crippen MR) is 152 cm³/mol. The number of nitrogens with zero attached hydrogens (tertiary/aromatic N) is 2. The van der Waals surface area contributed by atoms with Crippen LogP contribution in [0.4, 0.5) is 5.69 Å². The molecule has 0 bridgehead atoms. The molecule has 3 rings (SSSR count). The standard InChI is InChI=1S/C23H32N4O6S2.C3H8/c1-6-27(15-8-9-15)35(30)23-19(28)17(12-34-23)26-18(20(31-5)22(29)32-7-2)21(24)25-11-16-10-13(3)14(4)33-16;1-3-2/h10,12,15,26,28H,6-9,11H2,1-5H3,(H2,24,25);3H2,1-2H3/b20-18+;. The zero-order chi connectivity index (χ0) is 28.4. The minimum Gasteiger partial charge on any atom is -0.504 e. The van der Waals surface area contributed by atoms with Crippen LogP contribution in [0.3, 0.4) is 0 Å². The van der Waals surface area contributed by atoms with Gasteiger partial charge >= 0.3 is 5.97 Å². The number of carbonyl (C=O) groups is 1. The van der Waals surface area contributed by atoms with Crippen LogP contribution in [0.2, 0.25) is 0 Å². The quantitative estimate of drug-likeness (QED) is 0.107. The Labute approximate surface area is 231 Å². The van der Waals surface area contributed by atoms with Crippen molar-refractivity contribution < 1.29 is 28.0 Å². The van der Waals surface area contributed by atoms with Crippen molar-refractivity contribution in [1.29, 1.82) is 0 Å². The molecule has 2 heterocycles. The number of carbonyl (C=O) groups excluding carboxylic acids is 1. The lowest BCUT2D eigenvalue weighted by Gasteiger charge is -2.18. The average molecular weight is 569 g/mol. The fraction of sp³-hybridized carbons (Fsp3) is 0.538. The molecule has 1 fully saturated rings. The van der Waals surface area contributed by atoms with E-state index in [0.29, 0.717) is 16.5 Å². The summed E-state index contributed by atoms with van der Waals surface area (Å²) in [5, 5.41) is 15.4. The molecule has 0 aromatic carbocycles. The highest BCUT2D eigenvalue weighted by Gasteiger charge is 2.34. The molecule has 0 amide bonds. The third kappa shape index (κ3) is 8.08. The van der Waals surface area contributed by atoms with Gasteiger partial charge in [-0.3, -0.25) is 4.99 Å². The summed E-state index contributed by atoms with van der Waals surface area (Å²) in [4.78, 5) is 16.9. The lowest BCUT2D eigenvalue weighted by atomic mass is 10.3. The second-order valence-electron chi connectivity index (χ2n) is 8.61. The zero-order valence-corrected chi connectivity index (χ0v) is 24.9. The number of amidine groups is 1. The third-order valence-electron chi connectivity index (χ3n) is 5.40. The van der Waals surface area contributed by atoms with Gasteiger partial charge in [0.25, 0.3) is 0 Å². The van der Waals surface area contributed by atoms with Gasteiger partial charge in [-0.05, 0) is 45.2 Å².